The fourth-order valence-electron chi connectivity index (χ4n) is 4.05. The average Bonchev–Trinajstić information content (AvgIpc) is 3.05. The van der Waals surface area contributed by atoms with Crippen molar-refractivity contribution < 1.29 is 13.5 Å². The van der Waals surface area contributed by atoms with Gasteiger partial charge in [0.25, 0.3) is 0 Å². The van der Waals surface area contributed by atoms with Gasteiger partial charge in [0.1, 0.15) is 11.5 Å². The number of carbonyl (C=O) groups is 1. The quantitative estimate of drug-likeness (QED) is 0.876. The van der Waals surface area contributed by atoms with E-state index >= 15 is 0 Å². The monoisotopic (exact) mass is 372 g/mol. The summed E-state index contributed by atoms with van der Waals surface area (Å²) in [5.74, 6) is 1.10. The summed E-state index contributed by atoms with van der Waals surface area (Å²) in [7, 11) is -1.27. The number of fused-ring (bicyclic) bond motifs is 2. The van der Waals surface area contributed by atoms with E-state index in [2.05, 4.69) is 22.6 Å². The van der Waals surface area contributed by atoms with Gasteiger partial charge in [-0.1, -0.05) is 29.4 Å². The van der Waals surface area contributed by atoms with Crippen LogP contribution >= 0.6 is 0 Å². The topological polar surface area (TPSA) is 72.2 Å². The van der Waals surface area contributed by atoms with E-state index in [1.807, 2.05) is 12.1 Å². The summed E-state index contributed by atoms with van der Waals surface area (Å²) in [4.78, 5) is 12.4. The summed E-state index contributed by atoms with van der Waals surface area (Å²) >= 11 is 0. The lowest BCUT2D eigenvalue weighted by atomic mass is 9.88. The Morgan fingerprint density at radius 3 is 2.96 bits per heavy atom. The molecule has 0 fully saturated rings. The van der Waals surface area contributed by atoms with Gasteiger partial charge in [0, 0.05) is 22.8 Å². The van der Waals surface area contributed by atoms with Crippen LogP contribution in [-0.2, 0) is 40.6 Å². The van der Waals surface area contributed by atoms with Crippen LogP contribution in [0.25, 0.3) is 0 Å². The van der Waals surface area contributed by atoms with Crippen LogP contribution in [0.1, 0.15) is 59.9 Å². The number of hydrogen-bond donors (Lipinski definition) is 1. The minimum absolute atomic E-state index is 0.0142. The van der Waals surface area contributed by atoms with Crippen molar-refractivity contribution in [1.29, 1.82) is 0 Å². The maximum Gasteiger partial charge on any atom is 0.233 e. The first kappa shape index (κ1) is 17.5. The van der Waals surface area contributed by atoms with Crippen molar-refractivity contribution in [3.63, 3.8) is 0 Å². The molecule has 0 bridgehead atoms. The standard InChI is InChI=1S/C20H24N2O3S/c23-20(21-17-10-5-7-14-6-1-2-8-15(14)17)13-26(24)12-18-16-9-3-4-11-19(16)25-22-18/h1-2,6,8,17H,3-5,7,9-13H2,(H,21,23)/t17-,26-/m1/s1. The van der Waals surface area contributed by atoms with E-state index in [9.17, 15) is 9.00 Å². The first-order chi connectivity index (χ1) is 12.7. The Hall–Kier alpha value is -1.95. The Kier molecular flexibility index (Phi) is 5.20. The van der Waals surface area contributed by atoms with E-state index in [0.717, 1.165) is 62.0 Å². The van der Waals surface area contributed by atoms with E-state index in [1.165, 1.54) is 11.1 Å². The van der Waals surface area contributed by atoms with Crippen LogP contribution in [0.4, 0.5) is 0 Å². The maximum atomic E-state index is 12.5. The lowest BCUT2D eigenvalue weighted by Crippen LogP contribution is -2.34. The van der Waals surface area contributed by atoms with E-state index in [4.69, 9.17) is 4.52 Å². The first-order valence-electron chi connectivity index (χ1n) is 9.39. The summed E-state index contributed by atoms with van der Waals surface area (Å²) < 4.78 is 17.8. The van der Waals surface area contributed by atoms with Crippen LogP contribution in [0.5, 0.6) is 0 Å². The highest BCUT2D eigenvalue weighted by atomic mass is 32.2. The van der Waals surface area contributed by atoms with Crippen molar-refractivity contribution in [3.8, 4) is 0 Å². The van der Waals surface area contributed by atoms with Crippen molar-refractivity contribution in [2.45, 2.75) is 56.7 Å². The predicted octanol–water partition coefficient (Wildman–Crippen LogP) is 3.00. The van der Waals surface area contributed by atoms with Gasteiger partial charge in [-0.05, 0) is 49.7 Å². The van der Waals surface area contributed by atoms with E-state index < -0.39 is 10.8 Å². The van der Waals surface area contributed by atoms with Crippen LogP contribution in [-0.4, -0.2) is 21.0 Å². The Bertz CT molecular complexity index is 830. The first-order valence-corrected chi connectivity index (χ1v) is 10.9. The fraction of sp³-hybridized carbons (Fsp3) is 0.500. The number of hydrogen-bond acceptors (Lipinski definition) is 4. The molecule has 0 spiro atoms. The highest BCUT2D eigenvalue weighted by Crippen LogP contribution is 2.29. The smallest absolute Gasteiger partial charge is 0.233 e. The van der Waals surface area contributed by atoms with Crippen molar-refractivity contribution in [2.75, 3.05) is 5.75 Å². The summed E-state index contributed by atoms with van der Waals surface area (Å²) in [6, 6.07) is 8.29. The lowest BCUT2D eigenvalue weighted by Gasteiger charge is -2.26. The van der Waals surface area contributed by atoms with E-state index in [0.29, 0.717) is 5.75 Å². The Balaban J connectivity index is 1.35. The number of rotatable bonds is 5. The zero-order chi connectivity index (χ0) is 17.9. The van der Waals surface area contributed by atoms with Gasteiger partial charge in [-0.25, -0.2) is 0 Å². The number of nitrogens with zero attached hydrogens (tertiary/aromatic N) is 1. The van der Waals surface area contributed by atoms with Crippen molar-refractivity contribution in [3.05, 3.63) is 52.4 Å². The van der Waals surface area contributed by atoms with Crippen LogP contribution in [0.15, 0.2) is 28.8 Å². The normalized spacial score (nSPS) is 20.1. The predicted molar refractivity (Wildman–Crippen MR) is 100 cm³/mol. The number of carbonyl (C=O) groups excluding carboxylic acids is 1. The number of amides is 1. The van der Waals surface area contributed by atoms with E-state index in [-0.39, 0.29) is 17.7 Å². The zero-order valence-corrected chi connectivity index (χ0v) is 15.6. The highest BCUT2D eigenvalue weighted by Gasteiger charge is 2.24. The Labute approximate surface area is 156 Å². The number of aryl methyl sites for hydroxylation is 2. The minimum atomic E-state index is -1.27. The average molecular weight is 372 g/mol. The molecule has 1 aromatic carbocycles. The van der Waals surface area contributed by atoms with Crippen LogP contribution < -0.4 is 5.32 Å². The number of benzene rings is 1. The second-order valence-corrected chi connectivity index (χ2v) is 8.63. The summed E-state index contributed by atoms with van der Waals surface area (Å²) in [6.07, 6.45) is 7.16. The summed E-state index contributed by atoms with van der Waals surface area (Å²) in [6.45, 7) is 0. The molecule has 2 aromatic rings. The Morgan fingerprint density at radius 1 is 1.19 bits per heavy atom. The molecule has 1 N–H and O–H groups in total. The van der Waals surface area contributed by atoms with Gasteiger partial charge in [0.15, 0.2) is 0 Å². The molecule has 0 unspecified atom stereocenters. The molecule has 2 aliphatic carbocycles. The molecular weight excluding hydrogens is 348 g/mol. The zero-order valence-electron chi connectivity index (χ0n) is 14.8. The second-order valence-electron chi connectivity index (χ2n) is 7.18. The van der Waals surface area contributed by atoms with Gasteiger partial charge in [0.05, 0.1) is 17.5 Å². The van der Waals surface area contributed by atoms with Gasteiger partial charge in [-0.3, -0.25) is 9.00 Å². The molecule has 2 aliphatic rings. The molecule has 0 aliphatic heterocycles. The molecule has 26 heavy (non-hydrogen) atoms. The highest BCUT2D eigenvalue weighted by molar-refractivity contribution is 7.84. The summed E-state index contributed by atoms with van der Waals surface area (Å²) in [5, 5.41) is 7.16. The van der Waals surface area contributed by atoms with Crippen LogP contribution in [0, 0.1) is 0 Å². The number of nitrogens with one attached hydrogen (secondary N) is 1. The molecule has 0 radical (unpaired) electrons. The molecule has 4 rings (SSSR count). The number of aromatic nitrogens is 1. The van der Waals surface area contributed by atoms with Crippen LogP contribution in [0.3, 0.4) is 0 Å². The molecule has 0 saturated heterocycles. The SMILES string of the molecule is O=C(C[S@](=O)Cc1noc2c1CCCC2)N[C@@H]1CCCc2ccccc21. The molecular formula is C20H24N2O3S. The van der Waals surface area contributed by atoms with Crippen molar-refractivity contribution in [2.24, 2.45) is 0 Å². The molecule has 6 heteroatoms. The van der Waals surface area contributed by atoms with Crippen molar-refractivity contribution >= 4 is 16.7 Å². The Morgan fingerprint density at radius 2 is 2.04 bits per heavy atom. The largest absolute Gasteiger partial charge is 0.361 e. The molecule has 1 heterocycles. The molecule has 2 atom stereocenters. The minimum Gasteiger partial charge on any atom is -0.361 e. The molecule has 1 aromatic heterocycles. The third-order valence-corrected chi connectivity index (χ3v) is 6.51. The maximum absolute atomic E-state index is 12.5. The van der Waals surface area contributed by atoms with E-state index in [1.54, 1.807) is 0 Å². The fourth-order valence-corrected chi connectivity index (χ4v) is 5.06. The van der Waals surface area contributed by atoms with Gasteiger partial charge >= 0.3 is 0 Å². The molecule has 5 nitrogen and oxygen atoms in total. The molecule has 1 amide bonds. The second kappa shape index (κ2) is 7.74. The summed E-state index contributed by atoms with van der Waals surface area (Å²) in [5.41, 5.74) is 4.39. The molecule has 0 saturated carbocycles. The van der Waals surface area contributed by atoms with Crippen molar-refractivity contribution in [1.82, 2.24) is 10.5 Å². The van der Waals surface area contributed by atoms with Gasteiger partial charge in [-0.2, -0.15) is 0 Å². The van der Waals surface area contributed by atoms with Crippen LogP contribution in [0.2, 0.25) is 0 Å². The third kappa shape index (κ3) is 3.75. The van der Waals surface area contributed by atoms with Gasteiger partial charge < -0.3 is 9.84 Å². The molecule has 138 valence electrons. The lowest BCUT2D eigenvalue weighted by molar-refractivity contribution is -0.119. The third-order valence-electron chi connectivity index (χ3n) is 5.33. The van der Waals surface area contributed by atoms with Gasteiger partial charge in [0.2, 0.25) is 5.91 Å². The van der Waals surface area contributed by atoms with Gasteiger partial charge in [-0.15, -0.1) is 0 Å².